The molecule has 2 N–H and O–H groups in total. The summed E-state index contributed by atoms with van der Waals surface area (Å²) in [5.41, 5.74) is -0.261. The van der Waals surface area contributed by atoms with Gasteiger partial charge >= 0.3 is 0 Å². The monoisotopic (exact) mass is 478 g/mol. The quantitative estimate of drug-likeness (QED) is 0.230. The fourth-order valence-corrected chi connectivity index (χ4v) is 7.14. The largest absolute Gasteiger partial charge is 0.322 e. The molecule has 2 heterocycles. The van der Waals surface area contributed by atoms with Gasteiger partial charge in [-0.1, -0.05) is 32.6 Å². The Kier molecular flexibility index (Phi) is 9.65. The summed E-state index contributed by atoms with van der Waals surface area (Å²) < 4.78 is 0. The Labute approximate surface area is 210 Å². The summed E-state index contributed by atoms with van der Waals surface area (Å²) in [5, 5.41) is 7.48. The van der Waals surface area contributed by atoms with E-state index in [1.807, 2.05) is 9.80 Å². The van der Waals surface area contributed by atoms with Crippen LogP contribution in [0.3, 0.4) is 0 Å². The number of hydrogen-bond donors (Lipinski definition) is 2. The first-order valence-electron chi connectivity index (χ1n) is 13.7. The zero-order chi connectivity index (χ0) is 25.8. The van der Waals surface area contributed by atoms with E-state index < -0.39 is 0 Å². The van der Waals surface area contributed by atoms with Crippen LogP contribution in [0.1, 0.15) is 127 Å². The van der Waals surface area contributed by atoms with Gasteiger partial charge in [0.25, 0.3) is 0 Å². The number of carbonyl (C=O) groups excluding carboxylic acids is 2. The molecule has 6 heteroatoms. The van der Waals surface area contributed by atoms with Crippen molar-refractivity contribution in [2.24, 2.45) is 0 Å². The normalized spacial score (nSPS) is 24.1. The lowest BCUT2D eigenvalue weighted by molar-refractivity contribution is -0.142. The van der Waals surface area contributed by atoms with Crippen LogP contribution >= 0.6 is 0 Å². The molecule has 6 nitrogen and oxygen atoms in total. The molecule has 2 aliphatic rings. The first-order valence-corrected chi connectivity index (χ1v) is 13.7. The maximum Gasteiger partial charge on any atom is 0.211 e. The maximum atomic E-state index is 12.7. The molecular formula is C28H54N4O2. The number of nitrogens with one attached hydrogen (secondary N) is 2. The fraction of sp³-hybridized carbons (Fsp3) is 0.929. The summed E-state index contributed by atoms with van der Waals surface area (Å²) in [5.74, 6) is 0. The summed E-state index contributed by atoms with van der Waals surface area (Å²) >= 11 is 0. The standard InChI is InChI=1S/C28H54N4O2/c1-10-11-12-13-14-15-24(31(20-33)22-16-25(2,3)29-26(4,5)17-22)32(21-34)23-18-27(6,7)30-28(8,9)19-23/h20-24,29-30H,10-19H2,1-9H3. The van der Waals surface area contributed by atoms with Crippen molar-refractivity contribution >= 4 is 12.8 Å². The van der Waals surface area contributed by atoms with Crippen LogP contribution in [0.5, 0.6) is 0 Å². The van der Waals surface area contributed by atoms with E-state index in [0.29, 0.717) is 0 Å². The van der Waals surface area contributed by atoms with Crippen molar-refractivity contribution in [3.63, 3.8) is 0 Å². The molecule has 2 saturated heterocycles. The average Bonchev–Trinajstić information content (AvgIpc) is 2.63. The van der Waals surface area contributed by atoms with Gasteiger partial charge in [-0.15, -0.1) is 0 Å². The van der Waals surface area contributed by atoms with Crippen LogP contribution in [0.4, 0.5) is 0 Å². The Morgan fingerprint density at radius 3 is 1.35 bits per heavy atom. The highest BCUT2D eigenvalue weighted by atomic mass is 16.1. The third-order valence-electron chi connectivity index (χ3n) is 7.68. The Morgan fingerprint density at radius 2 is 1.03 bits per heavy atom. The molecule has 2 amide bonds. The third-order valence-corrected chi connectivity index (χ3v) is 7.68. The minimum atomic E-state index is -0.193. The molecular weight excluding hydrogens is 424 g/mol. The van der Waals surface area contributed by atoms with Crippen molar-refractivity contribution in [3.05, 3.63) is 0 Å². The summed E-state index contributed by atoms with van der Waals surface area (Å²) in [6.07, 6.45) is 12.1. The van der Waals surface area contributed by atoms with Gasteiger partial charge in [0.05, 0.1) is 0 Å². The molecule has 2 fully saturated rings. The molecule has 2 rings (SSSR count). The van der Waals surface area contributed by atoms with Gasteiger partial charge in [0, 0.05) is 34.2 Å². The molecule has 2 aliphatic heterocycles. The first-order chi connectivity index (χ1) is 15.6. The summed E-state index contributed by atoms with van der Waals surface area (Å²) in [4.78, 5) is 29.5. The number of piperidine rings is 2. The zero-order valence-corrected chi connectivity index (χ0v) is 23.7. The predicted octanol–water partition coefficient (Wildman–Crippen LogP) is 5.21. The second-order valence-corrected chi connectivity index (χ2v) is 13.7. The van der Waals surface area contributed by atoms with Gasteiger partial charge < -0.3 is 20.4 Å². The average molecular weight is 479 g/mol. The van der Waals surface area contributed by atoms with E-state index in [4.69, 9.17) is 0 Å². The number of nitrogens with zero attached hydrogens (tertiary/aromatic N) is 2. The summed E-state index contributed by atoms with van der Waals surface area (Å²) in [6.45, 7) is 20.0. The van der Waals surface area contributed by atoms with E-state index in [1.165, 1.54) is 19.3 Å². The molecule has 0 atom stereocenters. The Balaban J connectivity index is 2.35. The van der Waals surface area contributed by atoms with Crippen LogP contribution in [-0.4, -0.2) is 63.0 Å². The van der Waals surface area contributed by atoms with E-state index >= 15 is 0 Å². The Hall–Kier alpha value is -1.14. The Bertz CT molecular complexity index is 591. The van der Waals surface area contributed by atoms with Crippen molar-refractivity contribution < 1.29 is 9.59 Å². The van der Waals surface area contributed by atoms with Crippen LogP contribution in [0.15, 0.2) is 0 Å². The highest BCUT2D eigenvalue weighted by molar-refractivity contribution is 5.53. The molecule has 0 unspecified atom stereocenters. The van der Waals surface area contributed by atoms with Crippen LogP contribution in [0.2, 0.25) is 0 Å². The first kappa shape index (κ1) is 29.1. The van der Waals surface area contributed by atoms with Gasteiger partial charge in [-0.05, 0) is 93.9 Å². The van der Waals surface area contributed by atoms with E-state index in [1.54, 1.807) is 0 Å². The SMILES string of the molecule is CCCCCCCC(N(C=O)C1CC(C)(C)NC(C)(C)C1)N(C=O)C1CC(C)(C)NC(C)(C)C1. The van der Waals surface area contributed by atoms with Gasteiger partial charge in [0.15, 0.2) is 0 Å². The van der Waals surface area contributed by atoms with Crippen LogP contribution in [0, 0.1) is 0 Å². The van der Waals surface area contributed by atoms with E-state index in [9.17, 15) is 9.59 Å². The fourth-order valence-electron chi connectivity index (χ4n) is 7.14. The minimum absolute atomic E-state index is 0.0654. The van der Waals surface area contributed by atoms with E-state index in [-0.39, 0.29) is 40.4 Å². The van der Waals surface area contributed by atoms with Crippen molar-refractivity contribution in [2.45, 2.75) is 167 Å². The number of carbonyl (C=O) groups is 2. The second-order valence-electron chi connectivity index (χ2n) is 13.7. The number of unbranched alkanes of at least 4 members (excludes halogenated alkanes) is 4. The number of hydrogen-bond acceptors (Lipinski definition) is 4. The Morgan fingerprint density at radius 1 is 0.676 bits per heavy atom. The molecule has 0 aromatic carbocycles. The van der Waals surface area contributed by atoms with Crippen molar-refractivity contribution in [1.82, 2.24) is 20.4 Å². The molecule has 0 saturated carbocycles. The van der Waals surface area contributed by atoms with Crippen molar-refractivity contribution in [3.8, 4) is 0 Å². The van der Waals surface area contributed by atoms with E-state index in [0.717, 1.165) is 57.8 Å². The number of amides is 2. The lowest BCUT2D eigenvalue weighted by Gasteiger charge is -2.54. The molecule has 0 aromatic heterocycles. The maximum absolute atomic E-state index is 12.7. The molecule has 34 heavy (non-hydrogen) atoms. The van der Waals surface area contributed by atoms with Crippen molar-refractivity contribution in [2.75, 3.05) is 0 Å². The lowest BCUT2D eigenvalue weighted by atomic mass is 9.78. The molecule has 0 aliphatic carbocycles. The minimum Gasteiger partial charge on any atom is -0.322 e. The van der Waals surface area contributed by atoms with Gasteiger partial charge in [-0.3, -0.25) is 9.59 Å². The molecule has 198 valence electrons. The summed E-state index contributed by atoms with van der Waals surface area (Å²) in [6, 6.07) is 0.212. The number of rotatable bonds is 12. The smallest absolute Gasteiger partial charge is 0.211 e. The molecule has 0 aromatic rings. The van der Waals surface area contributed by atoms with Gasteiger partial charge in [-0.25, -0.2) is 0 Å². The topological polar surface area (TPSA) is 64.7 Å². The van der Waals surface area contributed by atoms with Gasteiger partial charge in [-0.2, -0.15) is 0 Å². The third kappa shape index (κ3) is 8.22. The van der Waals surface area contributed by atoms with Gasteiger partial charge in [0.2, 0.25) is 12.8 Å². The zero-order valence-electron chi connectivity index (χ0n) is 23.7. The highest BCUT2D eigenvalue weighted by Crippen LogP contribution is 2.36. The summed E-state index contributed by atoms with van der Waals surface area (Å²) in [7, 11) is 0. The molecule has 0 spiro atoms. The second kappa shape index (κ2) is 11.3. The van der Waals surface area contributed by atoms with Gasteiger partial charge in [0.1, 0.15) is 6.17 Å². The van der Waals surface area contributed by atoms with Crippen LogP contribution < -0.4 is 10.6 Å². The van der Waals surface area contributed by atoms with Crippen molar-refractivity contribution in [1.29, 1.82) is 0 Å². The van der Waals surface area contributed by atoms with Crippen LogP contribution in [0.25, 0.3) is 0 Å². The van der Waals surface area contributed by atoms with E-state index in [2.05, 4.69) is 72.9 Å². The molecule has 0 radical (unpaired) electrons. The van der Waals surface area contributed by atoms with Crippen LogP contribution in [-0.2, 0) is 9.59 Å². The molecule has 0 bridgehead atoms. The predicted molar refractivity (Wildman–Crippen MR) is 142 cm³/mol. The lowest BCUT2D eigenvalue weighted by Crippen LogP contribution is -2.67. The highest BCUT2D eigenvalue weighted by Gasteiger charge is 2.45.